The minimum Gasteiger partial charge on any atom is -0.344 e. The lowest BCUT2D eigenvalue weighted by Gasteiger charge is -2.04. The van der Waals surface area contributed by atoms with Gasteiger partial charge in [0.05, 0.1) is 22.8 Å². The summed E-state index contributed by atoms with van der Waals surface area (Å²) in [6.45, 7) is 5.37. The molecule has 0 radical (unpaired) electrons. The first kappa shape index (κ1) is 15.2. The summed E-state index contributed by atoms with van der Waals surface area (Å²) >= 11 is 1.37. The van der Waals surface area contributed by atoms with Crippen molar-refractivity contribution in [3.63, 3.8) is 0 Å². The second kappa shape index (κ2) is 7.02. The van der Waals surface area contributed by atoms with Crippen LogP contribution in [0.15, 0.2) is 12.4 Å². The van der Waals surface area contributed by atoms with E-state index in [1.54, 1.807) is 6.33 Å². The zero-order valence-electron chi connectivity index (χ0n) is 12.0. The van der Waals surface area contributed by atoms with Crippen LogP contribution in [0.1, 0.15) is 32.9 Å². The van der Waals surface area contributed by atoms with Crippen molar-refractivity contribution in [2.24, 2.45) is 5.73 Å². The highest BCUT2D eigenvalue weighted by Crippen LogP contribution is 2.20. The fourth-order valence-electron chi connectivity index (χ4n) is 1.78. The van der Waals surface area contributed by atoms with Crippen molar-refractivity contribution in [2.75, 3.05) is 6.54 Å². The Morgan fingerprint density at radius 1 is 1.57 bits per heavy atom. The molecule has 1 amide bonds. The van der Waals surface area contributed by atoms with Crippen molar-refractivity contribution in [1.29, 1.82) is 0 Å². The summed E-state index contributed by atoms with van der Waals surface area (Å²) in [4.78, 5) is 13.7. The predicted octanol–water partition coefficient (Wildman–Crippen LogP) is 0.908. The average Bonchev–Trinajstić information content (AvgIpc) is 3.08. The number of rotatable bonds is 4. The molecule has 2 aromatic rings. The van der Waals surface area contributed by atoms with Crippen LogP contribution in [0.25, 0.3) is 0 Å². The number of hydrogen-bond donors (Lipinski definition) is 2. The molecule has 2 rings (SSSR count). The number of carbonyl (C=O) groups is 1. The molecule has 0 aliphatic carbocycles. The van der Waals surface area contributed by atoms with E-state index >= 15 is 0 Å². The molecule has 0 atom stereocenters. The molecule has 0 fully saturated rings. The van der Waals surface area contributed by atoms with E-state index in [1.807, 2.05) is 24.5 Å². The second-order valence-corrected chi connectivity index (χ2v) is 5.40. The Labute approximate surface area is 127 Å². The highest BCUT2D eigenvalue weighted by atomic mass is 32.1. The van der Waals surface area contributed by atoms with Crippen LogP contribution in [-0.4, -0.2) is 27.2 Å². The van der Waals surface area contributed by atoms with Gasteiger partial charge in [0.1, 0.15) is 6.33 Å². The molecule has 0 unspecified atom stereocenters. The van der Waals surface area contributed by atoms with Crippen molar-refractivity contribution in [3.05, 3.63) is 33.5 Å². The van der Waals surface area contributed by atoms with Crippen molar-refractivity contribution in [3.8, 4) is 11.8 Å². The first-order valence-corrected chi connectivity index (χ1v) is 7.41. The summed E-state index contributed by atoms with van der Waals surface area (Å²) in [6.07, 6.45) is 1.65. The van der Waals surface area contributed by atoms with Gasteiger partial charge >= 0.3 is 0 Å². The Balaban J connectivity index is 2.04. The van der Waals surface area contributed by atoms with Crippen LogP contribution < -0.4 is 11.1 Å². The van der Waals surface area contributed by atoms with Gasteiger partial charge in [-0.05, 0) is 25.5 Å². The van der Waals surface area contributed by atoms with Crippen LogP contribution in [-0.2, 0) is 13.1 Å². The third-order valence-corrected chi connectivity index (χ3v) is 4.04. The summed E-state index contributed by atoms with van der Waals surface area (Å²) in [5.74, 6) is 6.38. The summed E-state index contributed by atoms with van der Waals surface area (Å²) in [6, 6.07) is 1.84. The van der Waals surface area contributed by atoms with Crippen LogP contribution in [0.4, 0.5) is 0 Å². The quantitative estimate of drug-likeness (QED) is 0.822. The first-order chi connectivity index (χ1) is 10.2. The lowest BCUT2D eigenvalue weighted by atomic mass is 10.2. The van der Waals surface area contributed by atoms with Crippen LogP contribution in [0.5, 0.6) is 0 Å². The Morgan fingerprint density at radius 2 is 2.38 bits per heavy atom. The normalized spacial score (nSPS) is 10.0. The number of nitrogens with two attached hydrogens (primary N) is 1. The van der Waals surface area contributed by atoms with Crippen molar-refractivity contribution in [2.45, 2.75) is 26.9 Å². The highest BCUT2D eigenvalue weighted by molar-refractivity contribution is 7.14. The minimum absolute atomic E-state index is 0.130. The van der Waals surface area contributed by atoms with E-state index in [2.05, 4.69) is 27.4 Å². The topological polar surface area (TPSA) is 85.8 Å². The fourth-order valence-corrected chi connectivity index (χ4v) is 2.74. The number of nitrogens with zero attached hydrogens (tertiary/aromatic N) is 3. The van der Waals surface area contributed by atoms with Crippen molar-refractivity contribution in [1.82, 2.24) is 20.1 Å². The molecule has 0 aromatic carbocycles. The van der Waals surface area contributed by atoms with Crippen LogP contribution in [0.3, 0.4) is 0 Å². The maximum Gasteiger partial charge on any atom is 0.261 e. The molecule has 0 aliphatic heterocycles. The lowest BCUT2D eigenvalue weighted by Crippen LogP contribution is -2.23. The smallest absolute Gasteiger partial charge is 0.261 e. The number of hydrogen-bond acceptors (Lipinski definition) is 5. The first-order valence-electron chi connectivity index (χ1n) is 6.60. The molecule has 6 nitrogen and oxygen atoms in total. The van der Waals surface area contributed by atoms with Crippen molar-refractivity contribution < 1.29 is 4.79 Å². The molecule has 3 N–H and O–H groups in total. The van der Waals surface area contributed by atoms with E-state index < -0.39 is 0 Å². The van der Waals surface area contributed by atoms with Gasteiger partial charge in [0, 0.05) is 6.54 Å². The SMILES string of the molecule is CCn1cnnc1CNC(=O)c1cc(C)c(C#CCN)s1. The third kappa shape index (κ3) is 3.68. The largest absolute Gasteiger partial charge is 0.344 e. The number of aromatic nitrogens is 3. The molecule has 7 heteroatoms. The Bertz CT molecular complexity index is 692. The molecule has 0 saturated carbocycles. The number of carbonyl (C=O) groups excluding carboxylic acids is 1. The van der Waals surface area contributed by atoms with E-state index in [4.69, 9.17) is 5.73 Å². The van der Waals surface area contributed by atoms with Gasteiger partial charge in [-0.15, -0.1) is 21.5 Å². The number of nitrogens with one attached hydrogen (secondary N) is 1. The van der Waals surface area contributed by atoms with Gasteiger partial charge in [-0.1, -0.05) is 11.8 Å². The Kier molecular flexibility index (Phi) is 5.09. The van der Waals surface area contributed by atoms with E-state index in [0.29, 0.717) is 18.0 Å². The average molecular weight is 303 g/mol. The predicted molar refractivity (Wildman–Crippen MR) is 81.9 cm³/mol. The maximum atomic E-state index is 12.1. The summed E-state index contributed by atoms with van der Waals surface area (Å²) < 4.78 is 1.89. The van der Waals surface area contributed by atoms with E-state index in [1.165, 1.54) is 11.3 Å². The summed E-state index contributed by atoms with van der Waals surface area (Å²) in [5.41, 5.74) is 6.35. The lowest BCUT2D eigenvalue weighted by molar-refractivity contribution is 0.0953. The molecule has 0 spiro atoms. The van der Waals surface area contributed by atoms with Gasteiger partial charge in [-0.2, -0.15) is 0 Å². The van der Waals surface area contributed by atoms with Crippen LogP contribution >= 0.6 is 11.3 Å². The molecular weight excluding hydrogens is 286 g/mol. The molecule has 110 valence electrons. The molecule has 21 heavy (non-hydrogen) atoms. The second-order valence-electron chi connectivity index (χ2n) is 4.34. The number of aryl methyl sites for hydroxylation is 2. The monoisotopic (exact) mass is 303 g/mol. The van der Waals surface area contributed by atoms with Crippen LogP contribution in [0.2, 0.25) is 0 Å². The van der Waals surface area contributed by atoms with E-state index in [0.717, 1.165) is 22.8 Å². The van der Waals surface area contributed by atoms with Gasteiger partial charge in [-0.3, -0.25) is 4.79 Å². The zero-order valence-corrected chi connectivity index (χ0v) is 12.8. The zero-order chi connectivity index (χ0) is 15.2. The molecule has 0 saturated heterocycles. The van der Waals surface area contributed by atoms with E-state index in [9.17, 15) is 4.79 Å². The van der Waals surface area contributed by atoms with Gasteiger partial charge in [0.2, 0.25) is 0 Å². The number of amides is 1. The minimum atomic E-state index is -0.130. The van der Waals surface area contributed by atoms with Gasteiger partial charge in [0.25, 0.3) is 5.91 Å². The highest BCUT2D eigenvalue weighted by Gasteiger charge is 2.12. The molecule has 2 heterocycles. The molecule has 2 aromatic heterocycles. The van der Waals surface area contributed by atoms with E-state index in [-0.39, 0.29) is 5.91 Å². The molecule has 0 aliphatic rings. The van der Waals surface area contributed by atoms with Crippen LogP contribution in [0, 0.1) is 18.8 Å². The van der Waals surface area contributed by atoms with Gasteiger partial charge in [0.15, 0.2) is 5.82 Å². The Hall–Kier alpha value is -2.17. The third-order valence-electron chi connectivity index (χ3n) is 2.89. The van der Waals surface area contributed by atoms with Crippen molar-refractivity contribution >= 4 is 17.2 Å². The molecular formula is C14H17N5OS. The Morgan fingerprint density at radius 3 is 3.10 bits per heavy atom. The van der Waals surface area contributed by atoms with Gasteiger partial charge in [-0.25, -0.2) is 0 Å². The molecule has 0 bridgehead atoms. The number of thiophene rings is 1. The van der Waals surface area contributed by atoms with Gasteiger partial charge < -0.3 is 15.6 Å². The summed E-state index contributed by atoms with van der Waals surface area (Å²) in [5, 5.41) is 10.7. The summed E-state index contributed by atoms with van der Waals surface area (Å²) in [7, 11) is 0. The standard InChI is InChI=1S/C14H17N5OS/c1-3-19-9-17-18-13(19)8-16-14(20)12-7-10(2)11(21-12)5-4-6-15/h7,9H,3,6,8,15H2,1-2H3,(H,16,20). The maximum absolute atomic E-state index is 12.1. The fraction of sp³-hybridized carbons (Fsp3) is 0.357.